The summed E-state index contributed by atoms with van der Waals surface area (Å²) < 4.78 is 10.5. The highest BCUT2D eigenvalue weighted by molar-refractivity contribution is 6.39. The van der Waals surface area contributed by atoms with Crippen molar-refractivity contribution in [2.24, 2.45) is 10.8 Å². The largest absolute Gasteiger partial charge is 0.497 e. The molecule has 0 radical (unpaired) electrons. The van der Waals surface area contributed by atoms with Crippen LogP contribution in [0.25, 0.3) is 0 Å². The molecular weight excluding hydrogens is 568 g/mol. The van der Waals surface area contributed by atoms with Gasteiger partial charge in [0.1, 0.15) is 17.8 Å². The summed E-state index contributed by atoms with van der Waals surface area (Å²) in [6.07, 6.45) is 4.67. The first-order valence-corrected chi connectivity index (χ1v) is 15.3. The van der Waals surface area contributed by atoms with Gasteiger partial charge in [0.2, 0.25) is 11.6 Å². The van der Waals surface area contributed by atoms with E-state index in [0.29, 0.717) is 45.4 Å². The Morgan fingerprint density at radius 3 is 1.66 bits per heavy atom. The highest BCUT2D eigenvalue weighted by Crippen LogP contribution is 2.27. The Hall–Kier alpha value is -3.76. The van der Waals surface area contributed by atoms with Gasteiger partial charge in [0.25, 0.3) is 11.8 Å². The van der Waals surface area contributed by atoms with Crippen molar-refractivity contribution in [1.29, 1.82) is 0 Å². The molecule has 0 aromatic heterocycles. The zero-order chi connectivity index (χ0) is 33.2. The number of carboxylic acid groups (broad SMARTS) is 1. The van der Waals surface area contributed by atoms with Crippen LogP contribution in [0.2, 0.25) is 0 Å². The molecule has 0 aliphatic carbocycles. The number of nitrogens with zero attached hydrogens (tertiary/aromatic N) is 2. The van der Waals surface area contributed by atoms with Crippen molar-refractivity contribution in [1.82, 2.24) is 9.80 Å². The van der Waals surface area contributed by atoms with E-state index in [-0.39, 0.29) is 0 Å². The number of rotatable bonds is 14. The van der Waals surface area contributed by atoms with Gasteiger partial charge in [-0.25, -0.2) is 9.59 Å². The molecule has 2 aliphatic rings. The number of carbonyl (C=O) groups excluding carboxylic acids is 5. The van der Waals surface area contributed by atoms with Crippen molar-refractivity contribution < 1.29 is 43.3 Å². The Morgan fingerprint density at radius 2 is 1.27 bits per heavy atom. The molecule has 244 valence electrons. The molecule has 0 unspecified atom stereocenters. The second-order valence-corrected chi connectivity index (χ2v) is 12.6. The quantitative estimate of drug-likeness (QED) is 0.187. The van der Waals surface area contributed by atoms with Crippen LogP contribution in [0, 0.1) is 10.8 Å². The number of amides is 2. The molecule has 2 amide bonds. The van der Waals surface area contributed by atoms with Crippen molar-refractivity contribution in [3.63, 3.8) is 0 Å². The lowest BCUT2D eigenvalue weighted by Crippen LogP contribution is -2.59. The van der Waals surface area contributed by atoms with Gasteiger partial charge in [0.05, 0.1) is 13.7 Å². The molecule has 2 aliphatic heterocycles. The summed E-state index contributed by atoms with van der Waals surface area (Å²) in [5, 5.41) is 8.79. The maximum absolute atomic E-state index is 12.4. The number of carbonyl (C=O) groups is 6. The van der Waals surface area contributed by atoms with Crippen LogP contribution in [0.5, 0.6) is 5.75 Å². The number of esters is 1. The Bertz CT molecular complexity index is 1210. The second kappa shape index (κ2) is 15.8. The van der Waals surface area contributed by atoms with Crippen LogP contribution in [0.3, 0.4) is 0 Å². The third kappa shape index (κ3) is 9.12. The number of methoxy groups -OCH3 is 1. The number of ketones is 2. The van der Waals surface area contributed by atoms with Crippen molar-refractivity contribution in [2.45, 2.75) is 98.6 Å². The summed E-state index contributed by atoms with van der Waals surface area (Å²) in [6, 6.07) is 6.47. The number of hydrogen-bond acceptors (Lipinski definition) is 8. The normalized spacial score (nSPS) is 17.7. The summed E-state index contributed by atoms with van der Waals surface area (Å²) in [4.78, 5) is 73.7. The SMILES string of the molecule is CCC(C)(C)C(=O)C(=O)N1CC[C@H]1C(=O)O.CCC(C)(C)C(=O)C(=O)N1CC[C@H]1C(=O)OCCCCc1ccc(OC)cc1. The van der Waals surface area contributed by atoms with Crippen molar-refractivity contribution >= 4 is 35.3 Å². The van der Waals surface area contributed by atoms with E-state index in [4.69, 9.17) is 14.6 Å². The maximum atomic E-state index is 12.4. The Kier molecular flexibility index (Phi) is 13.1. The van der Waals surface area contributed by atoms with Crippen LogP contribution in [0.1, 0.15) is 85.6 Å². The van der Waals surface area contributed by atoms with Gasteiger partial charge in [-0.15, -0.1) is 0 Å². The number of likely N-dealkylation sites (tertiary alicyclic amines) is 2. The first-order valence-electron chi connectivity index (χ1n) is 15.3. The number of benzene rings is 1. The van der Waals surface area contributed by atoms with Gasteiger partial charge in [0.15, 0.2) is 0 Å². The van der Waals surface area contributed by atoms with E-state index in [9.17, 15) is 28.8 Å². The maximum Gasteiger partial charge on any atom is 0.328 e. The van der Waals surface area contributed by atoms with E-state index in [1.807, 2.05) is 38.1 Å². The average Bonchev–Trinajstić information content (AvgIpc) is 2.95. The Balaban J connectivity index is 0.000000358. The minimum atomic E-state index is -1.04. The van der Waals surface area contributed by atoms with Crippen LogP contribution in [0.4, 0.5) is 0 Å². The number of aliphatic carboxylic acids is 1. The third-order valence-corrected chi connectivity index (χ3v) is 8.77. The van der Waals surface area contributed by atoms with E-state index < -0.39 is 58.2 Å². The second-order valence-electron chi connectivity index (χ2n) is 12.6. The molecule has 11 nitrogen and oxygen atoms in total. The van der Waals surface area contributed by atoms with Gasteiger partial charge in [0, 0.05) is 23.9 Å². The lowest BCUT2D eigenvalue weighted by Gasteiger charge is -2.39. The van der Waals surface area contributed by atoms with E-state index in [0.717, 1.165) is 29.9 Å². The number of ether oxygens (including phenoxy) is 2. The molecule has 1 N–H and O–H groups in total. The minimum absolute atomic E-state index is 0.321. The first kappa shape index (κ1) is 36.4. The molecule has 2 saturated heterocycles. The fourth-order valence-corrected chi connectivity index (χ4v) is 4.42. The fraction of sp³-hybridized carbons (Fsp3) is 0.636. The highest BCUT2D eigenvalue weighted by atomic mass is 16.5. The van der Waals surface area contributed by atoms with Crippen LogP contribution in [-0.2, 0) is 39.9 Å². The summed E-state index contributed by atoms with van der Waals surface area (Å²) in [5.41, 5.74) is -0.210. The minimum Gasteiger partial charge on any atom is -0.497 e. The molecule has 0 saturated carbocycles. The molecule has 2 fully saturated rings. The number of carboxylic acids is 1. The van der Waals surface area contributed by atoms with Gasteiger partial charge in [-0.05, 0) is 62.6 Å². The molecule has 0 bridgehead atoms. The average molecular weight is 617 g/mol. The molecule has 44 heavy (non-hydrogen) atoms. The summed E-state index contributed by atoms with van der Waals surface area (Å²) in [5.74, 6) is -2.79. The van der Waals surface area contributed by atoms with Gasteiger partial charge < -0.3 is 24.4 Å². The van der Waals surface area contributed by atoms with E-state index in [2.05, 4.69) is 0 Å². The van der Waals surface area contributed by atoms with Gasteiger partial charge >= 0.3 is 11.9 Å². The first-order chi connectivity index (χ1) is 20.6. The van der Waals surface area contributed by atoms with Crippen LogP contribution in [-0.4, -0.2) is 89.1 Å². The van der Waals surface area contributed by atoms with Crippen molar-refractivity contribution in [2.75, 3.05) is 26.8 Å². The van der Waals surface area contributed by atoms with Crippen LogP contribution in [0.15, 0.2) is 24.3 Å². The molecule has 2 heterocycles. The molecular formula is C33H48N2O9. The number of hydrogen-bond donors (Lipinski definition) is 1. The van der Waals surface area contributed by atoms with Crippen LogP contribution < -0.4 is 4.74 Å². The predicted molar refractivity (Wildman–Crippen MR) is 163 cm³/mol. The zero-order valence-corrected chi connectivity index (χ0v) is 27.1. The molecule has 1 aromatic rings. The summed E-state index contributed by atoms with van der Waals surface area (Å²) in [6.45, 7) is 11.7. The Morgan fingerprint density at radius 1 is 0.795 bits per heavy atom. The molecule has 3 rings (SSSR count). The number of Topliss-reactive ketones (excluding diaryl/α,β-unsaturated/α-hetero) is 2. The summed E-state index contributed by atoms with van der Waals surface area (Å²) >= 11 is 0. The summed E-state index contributed by atoms with van der Waals surface area (Å²) in [7, 11) is 1.64. The topological polar surface area (TPSA) is 148 Å². The smallest absolute Gasteiger partial charge is 0.328 e. The molecule has 2 atom stereocenters. The molecule has 1 aromatic carbocycles. The van der Waals surface area contributed by atoms with E-state index >= 15 is 0 Å². The third-order valence-electron chi connectivity index (χ3n) is 8.77. The highest BCUT2D eigenvalue weighted by Gasteiger charge is 2.45. The number of aryl methyl sites for hydroxylation is 1. The molecule has 11 heteroatoms. The molecule has 0 spiro atoms. The van der Waals surface area contributed by atoms with Crippen LogP contribution >= 0.6 is 0 Å². The zero-order valence-electron chi connectivity index (χ0n) is 27.1. The Labute approximate surface area is 260 Å². The lowest BCUT2D eigenvalue weighted by atomic mass is 9.84. The van der Waals surface area contributed by atoms with E-state index in [1.165, 1.54) is 10.5 Å². The number of unbranched alkanes of at least 4 members (excludes halogenated alkanes) is 1. The van der Waals surface area contributed by atoms with E-state index in [1.54, 1.807) is 34.8 Å². The lowest BCUT2D eigenvalue weighted by molar-refractivity contribution is -0.165. The monoisotopic (exact) mass is 616 g/mol. The van der Waals surface area contributed by atoms with Gasteiger partial charge in [-0.3, -0.25) is 19.2 Å². The van der Waals surface area contributed by atoms with Crippen molar-refractivity contribution in [3.8, 4) is 5.75 Å². The van der Waals surface area contributed by atoms with Crippen molar-refractivity contribution in [3.05, 3.63) is 29.8 Å². The standard InChI is InChI=1S/C22H31NO5.C11H17NO4/c1-5-22(2,3)19(24)20(25)23-14-13-18(23)21(26)28-15-7-6-8-16-9-11-17(27-4)12-10-16;1-4-11(2,3)8(13)9(14)12-6-5-7(12)10(15)16/h9-12,18H,5-8,13-15H2,1-4H3;7H,4-6H2,1-3H3,(H,15,16)/t18-;7-/m00/s1. The van der Waals surface area contributed by atoms with Gasteiger partial charge in [-0.1, -0.05) is 53.7 Å². The predicted octanol–water partition coefficient (Wildman–Crippen LogP) is 3.84. The fourth-order valence-electron chi connectivity index (χ4n) is 4.42. The van der Waals surface area contributed by atoms with Gasteiger partial charge in [-0.2, -0.15) is 0 Å².